The maximum atomic E-state index is 12.9. The van der Waals surface area contributed by atoms with E-state index in [1.807, 2.05) is 31.2 Å². The number of para-hydroxylation sites is 2. The van der Waals surface area contributed by atoms with E-state index in [0.29, 0.717) is 23.4 Å². The van der Waals surface area contributed by atoms with E-state index < -0.39 is 10.0 Å². The molecule has 0 radical (unpaired) electrons. The molecule has 2 heterocycles. The highest BCUT2D eigenvalue weighted by Crippen LogP contribution is 2.25. The van der Waals surface area contributed by atoms with Gasteiger partial charge < -0.3 is 10.1 Å². The highest BCUT2D eigenvalue weighted by atomic mass is 32.2. The molecule has 1 aromatic heterocycles. The van der Waals surface area contributed by atoms with E-state index in [1.165, 1.54) is 0 Å². The third-order valence-electron chi connectivity index (χ3n) is 4.62. The van der Waals surface area contributed by atoms with E-state index in [0.717, 1.165) is 25.0 Å². The Bertz CT molecular complexity index is 1100. The van der Waals surface area contributed by atoms with E-state index in [1.54, 1.807) is 24.3 Å². The van der Waals surface area contributed by atoms with Crippen molar-refractivity contribution in [2.24, 2.45) is 0 Å². The van der Waals surface area contributed by atoms with Crippen molar-refractivity contribution >= 4 is 32.7 Å². The smallest absolute Gasteiger partial charge is 0.263 e. The molecule has 1 aliphatic rings. The van der Waals surface area contributed by atoms with Gasteiger partial charge in [-0.05, 0) is 49.6 Å². The molecule has 1 aliphatic heterocycles. The topological polar surface area (TPSA) is 93.2 Å². The largest absolute Gasteiger partial charge is 0.376 e. The molecule has 3 aromatic rings. The van der Waals surface area contributed by atoms with Gasteiger partial charge in [-0.25, -0.2) is 18.4 Å². The van der Waals surface area contributed by atoms with Crippen LogP contribution in [-0.2, 0) is 14.8 Å². The quantitative estimate of drug-likeness (QED) is 0.662. The molecule has 0 saturated carbocycles. The third kappa shape index (κ3) is 4.07. The molecule has 0 bridgehead atoms. The molecule has 28 heavy (non-hydrogen) atoms. The minimum atomic E-state index is -3.79. The molecule has 1 fully saturated rings. The molecule has 8 heteroatoms. The van der Waals surface area contributed by atoms with Crippen LogP contribution in [0.25, 0.3) is 11.0 Å². The van der Waals surface area contributed by atoms with Gasteiger partial charge in [0.2, 0.25) is 0 Å². The zero-order chi connectivity index (χ0) is 19.6. The Kier molecular flexibility index (Phi) is 5.15. The first-order chi connectivity index (χ1) is 13.5. The molecule has 2 N–H and O–H groups in total. The van der Waals surface area contributed by atoms with E-state index >= 15 is 0 Å². The zero-order valence-electron chi connectivity index (χ0n) is 15.6. The van der Waals surface area contributed by atoms with Gasteiger partial charge >= 0.3 is 0 Å². The van der Waals surface area contributed by atoms with Gasteiger partial charge in [0.15, 0.2) is 11.6 Å². The summed E-state index contributed by atoms with van der Waals surface area (Å²) in [6.45, 7) is 3.15. The lowest BCUT2D eigenvalue weighted by Crippen LogP contribution is -2.21. The van der Waals surface area contributed by atoms with Gasteiger partial charge in [0.25, 0.3) is 10.0 Å². The minimum Gasteiger partial charge on any atom is -0.376 e. The fraction of sp³-hybridized carbons (Fsp3) is 0.300. The van der Waals surface area contributed by atoms with E-state index in [4.69, 9.17) is 4.74 Å². The van der Waals surface area contributed by atoms with Gasteiger partial charge in [-0.3, -0.25) is 4.72 Å². The number of hydrogen-bond donors (Lipinski definition) is 2. The summed E-state index contributed by atoms with van der Waals surface area (Å²) in [5, 5.41) is 3.21. The second-order valence-electron chi connectivity index (χ2n) is 6.85. The van der Waals surface area contributed by atoms with E-state index in [9.17, 15) is 8.42 Å². The fourth-order valence-electron chi connectivity index (χ4n) is 3.18. The van der Waals surface area contributed by atoms with Gasteiger partial charge in [0.05, 0.1) is 22.0 Å². The normalized spacial score (nSPS) is 17.0. The Morgan fingerprint density at radius 2 is 1.82 bits per heavy atom. The summed E-state index contributed by atoms with van der Waals surface area (Å²) < 4.78 is 34.0. The monoisotopic (exact) mass is 398 g/mol. The number of anilines is 2. The summed E-state index contributed by atoms with van der Waals surface area (Å²) in [4.78, 5) is 9.26. The van der Waals surface area contributed by atoms with Crippen molar-refractivity contribution in [2.75, 3.05) is 23.2 Å². The first-order valence-electron chi connectivity index (χ1n) is 9.23. The lowest BCUT2D eigenvalue weighted by atomic mass is 10.2. The number of ether oxygens (including phenoxy) is 1. The molecule has 0 aliphatic carbocycles. The number of fused-ring (bicyclic) bond motifs is 1. The Morgan fingerprint density at radius 1 is 1.07 bits per heavy atom. The van der Waals surface area contributed by atoms with Crippen LogP contribution < -0.4 is 10.0 Å². The van der Waals surface area contributed by atoms with Crippen molar-refractivity contribution < 1.29 is 13.2 Å². The number of benzene rings is 2. The molecular formula is C20H22N4O3S. The van der Waals surface area contributed by atoms with E-state index in [-0.39, 0.29) is 16.8 Å². The van der Waals surface area contributed by atoms with Crippen LogP contribution in [0.3, 0.4) is 0 Å². The van der Waals surface area contributed by atoms with Crippen LogP contribution in [0.1, 0.15) is 18.4 Å². The number of aryl methyl sites for hydroxylation is 1. The SMILES string of the molecule is Cc1cccc(S(=O)(=O)Nc2nc3ccccc3nc2NC[C@@H]2CCCO2)c1. The molecule has 1 saturated heterocycles. The molecular weight excluding hydrogens is 376 g/mol. The van der Waals surface area contributed by atoms with Crippen molar-refractivity contribution in [3.8, 4) is 0 Å². The summed E-state index contributed by atoms with van der Waals surface area (Å²) in [5.41, 5.74) is 2.17. The Hall–Kier alpha value is -2.71. The fourth-order valence-corrected chi connectivity index (χ4v) is 4.29. The second-order valence-corrected chi connectivity index (χ2v) is 8.53. The zero-order valence-corrected chi connectivity index (χ0v) is 16.4. The number of nitrogens with zero attached hydrogens (tertiary/aromatic N) is 2. The summed E-state index contributed by atoms with van der Waals surface area (Å²) >= 11 is 0. The van der Waals surface area contributed by atoms with Crippen LogP contribution in [0.2, 0.25) is 0 Å². The number of nitrogens with one attached hydrogen (secondary N) is 2. The maximum absolute atomic E-state index is 12.9. The van der Waals surface area contributed by atoms with Gasteiger partial charge in [-0.15, -0.1) is 0 Å². The molecule has 2 aromatic carbocycles. The molecule has 1 atom stereocenters. The van der Waals surface area contributed by atoms with Crippen LogP contribution in [0.4, 0.5) is 11.6 Å². The molecule has 0 amide bonds. The summed E-state index contributed by atoms with van der Waals surface area (Å²) in [7, 11) is -3.79. The summed E-state index contributed by atoms with van der Waals surface area (Å²) in [5.74, 6) is 0.573. The van der Waals surface area contributed by atoms with Crippen molar-refractivity contribution in [2.45, 2.75) is 30.8 Å². The van der Waals surface area contributed by atoms with Gasteiger partial charge in [-0.2, -0.15) is 0 Å². The highest BCUT2D eigenvalue weighted by Gasteiger charge is 2.21. The van der Waals surface area contributed by atoms with Gasteiger partial charge in [-0.1, -0.05) is 24.3 Å². The second kappa shape index (κ2) is 7.73. The number of hydrogen-bond acceptors (Lipinski definition) is 6. The molecule has 146 valence electrons. The Balaban J connectivity index is 1.68. The van der Waals surface area contributed by atoms with Crippen LogP contribution >= 0.6 is 0 Å². The lowest BCUT2D eigenvalue weighted by molar-refractivity contribution is 0.120. The maximum Gasteiger partial charge on any atom is 0.263 e. The average molecular weight is 398 g/mol. The lowest BCUT2D eigenvalue weighted by Gasteiger charge is -2.16. The molecule has 4 rings (SSSR count). The molecule has 0 spiro atoms. The molecule has 7 nitrogen and oxygen atoms in total. The van der Waals surface area contributed by atoms with Crippen LogP contribution in [0.5, 0.6) is 0 Å². The Labute approximate surface area is 164 Å². The van der Waals surface area contributed by atoms with E-state index in [2.05, 4.69) is 20.0 Å². The van der Waals surface area contributed by atoms with Crippen molar-refractivity contribution in [1.29, 1.82) is 0 Å². The number of aromatic nitrogens is 2. The summed E-state index contributed by atoms with van der Waals surface area (Å²) in [6.07, 6.45) is 2.09. The van der Waals surface area contributed by atoms with Crippen LogP contribution in [-0.4, -0.2) is 37.6 Å². The predicted molar refractivity (Wildman–Crippen MR) is 109 cm³/mol. The first kappa shape index (κ1) is 18.6. The number of sulfonamides is 1. The standard InChI is InChI=1S/C20H22N4O3S/c1-14-6-4-8-16(12-14)28(25,26)24-20-19(21-13-15-7-5-11-27-15)22-17-9-2-3-10-18(17)23-20/h2-4,6,8-10,12,15H,5,7,11,13H2,1H3,(H,21,22)(H,23,24)/t15-/m0/s1. The van der Waals surface area contributed by atoms with Crippen LogP contribution in [0.15, 0.2) is 53.4 Å². The summed E-state index contributed by atoms with van der Waals surface area (Å²) in [6, 6.07) is 14.1. The third-order valence-corrected chi connectivity index (χ3v) is 5.96. The predicted octanol–water partition coefficient (Wildman–Crippen LogP) is 3.33. The van der Waals surface area contributed by atoms with Crippen molar-refractivity contribution in [3.05, 3.63) is 54.1 Å². The Morgan fingerprint density at radius 3 is 2.50 bits per heavy atom. The van der Waals surface area contributed by atoms with Gasteiger partial charge in [0.1, 0.15) is 0 Å². The molecule has 0 unspecified atom stereocenters. The van der Waals surface area contributed by atoms with Crippen molar-refractivity contribution in [1.82, 2.24) is 9.97 Å². The number of rotatable bonds is 6. The van der Waals surface area contributed by atoms with Crippen molar-refractivity contribution in [3.63, 3.8) is 0 Å². The highest BCUT2D eigenvalue weighted by molar-refractivity contribution is 7.92. The van der Waals surface area contributed by atoms with Crippen LogP contribution in [0, 0.1) is 6.92 Å². The first-order valence-corrected chi connectivity index (χ1v) is 10.7. The minimum absolute atomic E-state index is 0.0921. The van der Waals surface area contributed by atoms with Gasteiger partial charge in [0, 0.05) is 13.2 Å². The average Bonchev–Trinajstić information content (AvgIpc) is 3.20.